The maximum Gasteiger partial charge on any atom is 0.241 e. The van der Waals surface area contributed by atoms with Gasteiger partial charge in [-0.05, 0) is 31.9 Å². The number of rotatable bonds is 6. The minimum absolute atomic E-state index is 0.0437. The molecular weight excluding hydrogens is 296 g/mol. The lowest BCUT2D eigenvalue weighted by molar-refractivity contribution is -0.118. The van der Waals surface area contributed by atoms with E-state index in [1.165, 1.54) is 0 Å². The Morgan fingerprint density at radius 1 is 1.27 bits per heavy atom. The lowest BCUT2D eigenvalue weighted by Crippen LogP contribution is -2.51. The predicted molar refractivity (Wildman–Crippen MR) is 92.4 cm³/mol. The molecule has 2 rings (SSSR count). The van der Waals surface area contributed by atoms with Crippen LogP contribution in [-0.2, 0) is 15.6 Å². The molecule has 1 aromatic rings. The summed E-state index contributed by atoms with van der Waals surface area (Å²) < 4.78 is 12.2. The van der Waals surface area contributed by atoms with Crippen LogP contribution < -0.4 is 10.6 Å². The molecule has 5 heteroatoms. The highest BCUT2D eigenvalue weighted by atomic mass is 32.2. The molecule has 4 nitrogen and oxygen atoms in total. The highest BCUT2D eigenvalue weighted by molar-refractivity contribution is 7.85. The van der Waals surface area contributed by atoms with Crippen molar-refractivity contribution in [2.24, 2.45) is 0 Å². The van der Waals surface area contributed by atoms with E-state index in [9.17, 15) is 9.00 Å². The van der Waals surface area contributed by atoms with E-state index in [-0.39, 0.29) is 23.2 Å². The van der Waals surface area contributed by atoms with Crippen LogP contribution in [0.3, 0.4) is 0 Å². The van der Waals surface area contributed by atoms with Crippen molar-refractivity contribution in [1.29, 1.82) is 0 Å². The monoisotopic (exact) mass is 322 g/mol. The lowest BCUT2D eigenvalue weighted by atomic mass is 9.94. The minimum atomic E-state index is -0.805. The number of nitrogens with one attached hydrogen (secondary N) is 2. The molecule has 4 atom stereocenters. The van der Waals surface area contributed by atoms with Crippen LogP contribution in [0.1, 0.15) is 39.5 Å². The van der Waals surface area contributed by atoms with Gasteiger partial charge in [-0.1, -0.05) is 38.0 Å². The summed E-state index contributed by atoms with van der Waals surface area (Å²) in [6, 6.07) is 9.35. The van der Waals surface area contributed by atoms with Crippen molar-refractivity contribution >= 4 is 22.4 Å². The first-order valence-corrected chi connectivity index (χ1v) is 9.49. The first kappa shape index (κ1) is 17.2. The summed E-state index contributed by atoms with van der Waals surface area (Å²) >= 11 is 0. The number of benzene rings is 1. The summed E-state index contributed by atoms with van der Waals surface area (Å²) in [6.45, 7) is 3.84. The normalized spacial score (nSPS) is 24.5. The second kappa shape index (κ2) is 8.44. The Morgan fingerprint density at radius 3 is 2.64 bits per heavy atom. The van der Waals surface area contributed by atoms with Crippen molar-refractivity contribution in [3.05, 3.63) is 30.3 Å². The molecule has 22 heavy (non-hydrogen) atoms. The van der Waals surface area contributed by atoms with Crippen molar-refractivity contribution < 1.29 is 9.00 Å². The highest BCUT2D eigenvalue weighted by Crippen LogP contribution is 2.23. The van der Waals surface area contributed by atoms with Crippen LogP contribution in [0.5, 0.6) is 0 Å². The van der Waals surface area contributed by atoms with E-state index in [1.54, 1.807) is 0 Å². The average Bonchev–Trinajstić information content (AvgIpc) is 2.55. The molecule has 0 bridgehead atoms. The molecule has 0 saturated heterocycles. The maximum absolute atomic E-state index is 12.3. The Labute approximate surface area is 135 Å². The molecule has 1 fully saturated rings. The number of hydrogen-bond acceptors (Lipinski definition) is 3. The summed E-state index contributed by atoms with van der Waals surface area (Å²) in [5, 5.41) is 6.48. The van der Waals surface area contributed by atoms with E-state index in [0.717, 1.165) is 31.4 Å². The van der Waals surface area contributed by atoms with Gasteiger partial charge < -0.3 is 10.6 Å². The number of hydrogen-bond donors (Lipinski definition) is 2. The van der Waals surface area contributed by atoms with Gasteiger partial charge in [0.05, 0.1) is 11.3 Å². The molecular formula is C17H26N2O2S. The van der Waals surface area contributed by atoms with Crippen molar-refractivity contribution in [3.63, 3.8) is 0 Å². The molecule has 1 amide bonds. The fourth-order valence-electron chi connectivity index (χ4n) is 2.99. The van der Waals surface area contributed by atoms with Crippen LogP contribution in [0, 0.1) is 0 Å². The molecule has 0 aliphatic heterocycles. The quantitative estimate of drug-likeness (QED) is 0.846. The molecule has 1 aliphatic rings. The first-order chi connectivity index (χ1) is 10.6. The topological polar surface area (TPSA) is 58.2 Å². The molecule has 0 unspecified atom stereocenters. The standard InChI is InChI=1S/C17H26N2O2S/c1-3-22(21)16-12-8-7-11-15(16)18-13(2)17(20)19-14-9-5-4-6-10-14/h4-6,9-10,13,15-16,18H,3,7-8,11-12H2,1-2H3,(H,19,20)/t13-,15+,16-,22-/m1/s1. The molecule has 1 aromatic carbocycles. The van der Waals surface area contributed by atoms with Crippen molar-refractivity contribution in [3.8, 4) is 0 Å². The molecule has 0 radical (unpaired) electrons. The number of amides is 1. The van der Waals surface area contributed by atoms with Gasteiger partial charge >= 0.3 is 0 Å². The summed E-state index contributed by atoms with van der Waals surface area (Å²) in [5.41, 5.74) is 0.804. The number of para-hydroxylation sites is 1. The Kier molecular flexibility index (Phi) is 6.58. The third-order valence-electron chi connectivity index (χ3n) is 4.22. The van der Waals surface area contributed by atoms with Gasteiger partial charge in [0.2, 0.25) is 5.91 Å². The largest absolute Gasteiger partial charge is 0.325 e. The van der Waals surface area contributed by atoms with E-state index in [4.69, 9.17) is 0 Å². The van der Waals surface area contributed by atoms with E-state index >= 15 is 0 Å². The average molecular weight is 322 g/mol. The summed E-state index contributed by atoms with van der Waals surface area (Å²) in [5.74, 6) is 0.644. The van der Waals surface area contributed by atoms with Crippen LogP contribution in [-0.4, -0.2) is 33.2 Å². The number of carbonyl (C=O) groups is 1. The molecule has 0 heterocycles. The van der Waals surface area contributed by atoms with Crippen molar-refractivity contribution in [2.45, 2.75) is 56.9 Å². The van der Waals surface area contributed by atoms with Gasteiger partial charge in [-0.2, -0.15) is 0 Å². The smallest absolute Gasteiger partial charge is 0.241 e. The van der Waals surface area contributed by atoms with E-state index in [0.29, 0.717) is 5.75 Å². The molecule has 1 saturated carbocycles. The van der Waals surface area contributed by atoms with Gasteiger partial charge in [0, 0.05) is 28.3 Å². The second-order valence-electron chi connectivity index (χ2n) is 5.84. The third kappa shape index (κ3) is 4.65. The first-order valence-electron chi connectivity index (χ1n) is 8.11. The van der Waals surface area contributed by atoms with Crippen LogP contribution in [0.25, 0.3) is 0 Å². The van der Waals surface area contributed by atoms with Gasteiger partial charge in [0.15, 0.2) is 0 Å². The minimum Gasteiger partial charge on any atom is -0.325 e. The van der Waals surface area contributed by atoms with Gasteiger partial charge in [-0.3, -0.25) is 9.00 Å². The van der Waals surface area contributed by atoms with Gasteiger partial charge in [-0.25, -0.2) is 0 Å². The maximum atomic E-state index is 12.3. The zero-order valence-corrected chi connectivity index (χ0v) is 14.2. The summed E-state index contributed by atoms with van der Waals surface area (Å²) in [6.07, 6.45) is 4.27. The lowest BCUT2D eigenvalue weighted by Gasteiger charge is -2.33. The van der Waals surface area contributed by atoms with Crippen molar-refractivity contribution in [1.82, 2.24) is 5.32 Å². The predicted octanol–water partition coefficient (Wildman–Crippen LogP) is 2.68. The van der Waals surface area contributed by atoms with E-state index < -0.39 is 10.8 Å². The van der Waals surface area contributed by atoms with Gasteiger partial charge in [0.25, 0.3) is 0 Å². The Balaban J connectivity index is 1.93. The summed E-state index contributed by atoms with van der Waals surface area (Å²) in [4.78, 5) is 12.3. The zero-order valence-electron chi connectivity index (χ0n) is 13.4. The number of carbonyl (C=O) groups excluding carboxylic acids is 1. The van der Waals surface area contributed by atoms with Crippen LogP contribution >= 0.6 is 0 Å². The van der Waals surface area contributed by atoms with Crippen LogP contribution in [0.2, 0.25) is 0 Å². The fourth-order valence-corrected chi connectivity index (χ4v) is 4.42. The Hall–Kier alpha value is -1.20. The van der Waals surface area contributed by atoms with Gasteiger partial charge in [0.1, 0.15) is 0 Å². The number of anilines is 1. The molecule has 122 valence electrons. The second-order valence-corrected chi connectivity index (χ2v) is 7.79. The molecule has 2 N–H and O–H groups in total. The Morgan fingerprint density at radius 2 is 1.95 bits per heavy atom. The SMILES string of the molecule is CC[S@@](=O)[C@@H]1CCCC[C@@H]1N[C@H](C)C(=O)Nc1ccccc1. The third-order valence-corrected chi connectivity index (χ3v) is 6.03. The summed E-state index contributed by atoms with van der Waals surface area (Å²) in [7, 11) is -0.805. The fraction of sp³-hybridized carbons (Fsp3) is 0.588. The van der Waals surface area contributed by atoms with Crippen LogP contribution in [0.4, 0.5) is 5.69 Å². The molecule has 1 aliphatic carbocycles. The molecule has 0 spiro atoms. The van der Waals surface area contributed by atoms with Crippen molar-refractivity contribution in [2.75, 3.05) is 11.1 Å². The molecule has 0 aromatic heterocycles. The zero-order chi connectivity index (χ0) is 15.9. The van der Waals surface area contributed by atoms with E-state index in [1.807, 2.05) is 44.2 Å². The Bertz CT molecular complexity index is 507. The van der Waals surface area contributed by atoms with Crippen LogP contribution in [0.15, 0.2) is 30.3 Å². The van der Waals surface area contributed by atoms with E-state index in [2.05, 4.69) is 10.6 Å². The van der Waals surface area contributed by atoms with Gasteiger partial charge in [-0.15, -0.1) is 0 Å². The highest BCUT2D eigenvalue weighted by Gasteiger charge is 2.31.